The highest BCUT2D eigenvalue weighted by Crippen LogP contribution is 2.18. The van der Waals surface area contributed by atoms with E-state index >= 15 is 0 Å². The van der Waals surface area contributed by atoms with Gasteiger partial charge in [-0.2, -0.15) is 0 Å². The zero-order valence-corrected chi connectivity index (χ0v) is 14.4. The van der Waals surface area contributed by atoms with Gasteiger partial charge < -0.3 is 4.74 Å². The number of piperazine rings is 1. The molecule has 1 aromatic heterocycles. The molecule has 2 saturated heterocycles. The molecule has 0 amide bonds. The van der Waals surface area contributed by atoms with Gasteiger partial charge in [-0.3, -0.25) is 9.80 Å². The highest BCUT2D eigenvalue weighted by molar-refractivity contribution is 5.74. The monoisotopic (exact) mass is 326 g/mol. The minimum atomic E-state index is 0.725. The van der Waals surface area contributed by atoms with Gasteiger partial charge >= 0.3 is 0 Å². The first kappa shape index (κ1) is 15.9. The second-order valence-corrected chi connectivity index (χ2v) is 6.90. The Kier molecular flexibility index (Phi) is 4.74. The van der Waals surface area contributed by atoms with E-state index in [0.717, 1.165) is 74.4 Å². The maximum Gasteiger partial charge on any atom is 0.0890 e. The smallest absolute Gasteiger partial charge is 0.0890 e. The minimum absolute atomic E-state index is 0.725. The van der Waals surface area contributed by atoms with Crippen LogP contribution in [0.3, 0.4) is 0 Å². The van der Waals surface area contributed by atoms with Crippen molar-refractivity contribution < 1.29 is 4.74 Å². The summed E-state index contributed by atoms with van der Waals surface area (Å²) < 4.78 is 5.49. The lowest BCUT2D eigenvalue weighted by atomic mass is 10.1. The molecule has 0 radical (unpaired) electrons. The molecule has 0 saturated carbocycles. The Balaban J connectivity index is 1.39. The van der Waals surface area contributed by atoms with Crippen LogP contribution in [0.15, 0.2) is 24.3 Å². The van der Waals surface area contributed by atoms with Gasteiger partial charge in [0.15, 0.2) is 0 Å². The van der Waals surface area contributed by atoms with Gasteiger partial charge in [0.25, 0.3) is 0 Å². The van der Waals surface area contributed by atoms with Crippen molar-refractivity contribution in [2.75, 3.05) is 39.4 Å². The van der Waals surface area contributed by atoms with Crippen molar-refractivity contribution in [2.24, 2.45) is 0 Å². The van der Waals surface area contributed by atoms with Crippen LogP contribution in [-0.2, 0) is 11.3 Å². The third-order valence-electron chi connectivity index (χ3n) is 5.33. The first-order valence-electron chi connectivity index (χ1n) is 9.06. The summed E-state index contributed by atoms with van der Waals surface area (Å²) in [5.74, 6) is 0. The van der Waals surface area contributed by atoms with Crippen LogP contribution in [-0.4, -0.2) is 65.2 Å². The first-order chi connectivity index (χ1) is 11.8. The number of para-hydroxylation sites is 2. The zero-order valence-electron chi connectivity index (χ0n) is 14.4. The van der Waals surface area contributed by atoms with E-state index < -0.39 is 0 Å². The van der Waals surface area contributed by atoms with Crippen LogP contribution in [0, 0.1) is 6.92 Å². The lowest BCUT2D eigenvalue weighted by Gasteiger charge is -2.40. The predicted molar refractivity (Wildman–Crippen MR) is 95.0 cm³/mol. The first-order valence-corrected chi connectivity index (χ1v) is 9.06. The number of fused-ring (bicyclic) bond motifs is 1. The van der Waals surface area contributed by atoms with Crippen LogP contribution in [0.4, 0.5) is 0 Å². The van der Waals surface area contributed by atoms with Gasteiger partial charge in [-0.15, -0.1) is 0 Å². The van der Waals surface area contributed by atoms with Crippen LogP contribution < -0.4 is 0 Å². The average molecular weight is 326 g/mol. The predicted octanol–water partition coefficient (Wildman–Crippen LogP) is 2.23. The van der Waals surface area contributed by atoms with Crippen molar-refractivity contribution in [3.05, 3.63) is 35.7 Å². The molecule has 24 heavy (non-hydrogen) atoms. The Labute approximate surface area is 143 Å². The van der Waals surface area contributed by atoms with Crippen LogP contribution in [0.25, 0.3) is 11.0 Å². The maximum absolute atomic E-state index is 5.49. The molecule has 5 heteroatoms. The molecule has 2 aliphatic heterocycles. The highest BCUT2D eigenvalue weighted by Gasteiger charge is 2.25. The van der Waals surface area contributed by atoms with Crippen molar-refractivity contribution in [1.29, 1.82) is 0 Å². The van der Waals surface area contributed by atoms with E-state index in [0.29, 0.717) is 0 Å². The number of ether oxygens (including phenoxy) is 1. The molecule has 4 rings (SSSR count). The summed E-state index contributed by atoms with van der Waals surface area (Å²) in [5.41, 5.74) is 4.16. The lowest BCUT2D eigenvalue weighted by molar-refractivity contribution is 0.0124. The van der Waals surface area contributed by atoms with Gasteiger partial charge in [-0.25, -0.2) is 9.97 Å². The summed E-state index contributed by atoms with van der Waals surface area (Å²) in [6.45, 7) is 9.39. The van der Waals surface area contributed by atoms with E-state index in [4.69, 9.17) is 14.7 Å². The fourth-order valence-electron chi connectivity index (χ4n) is 3.82. The van der Waals surface area contributed by atoms with Crippen molar-refractivity contribution in [3.63, 3.8) is 0 Å². The van der Waals surface area contributed by atoms with Crippen molar-refractivity contribution in [1.82, 2.24) is 19.8 Å². The van der Waals surface area contributed by atoms with Gasteiger partial charge in [-0.05, 0) is 31.9 Å². The number of hydrogen-bond donors (Lipinski definition) is 0. The third kappa shape index (κ3) is 3.43. The van der Waals surface area contributed by atoms with Gasteiger partial charge in [0, 0.05) is 52.0 Å². The average Bonchev–Trinajstić information content (AvgIpc) is 2.64. The number of aryl methyl sites for hydroxylation is 1. The fraction of sp³-hybridized carbons (Fsp3) is 0.579. The van der Waals surface area contributed by atoms with E-state index in [1.165, 1.54) is 12.8 Å². The summed E-state index contributed by atoms with van der Waals surface area (Å²) in [5, 5.41) is 0. The fourth-order valence-corrected chi connectivity index (χ4v) is 3.82. The van der Waals surface area contributed by atoms with E-state index in [-0.39, 0.29) is 0 Å². The van der Waals surface area contributed by atoms with Crippen molar-refractivity contribution >= 4 is 11.0 Å². The van der Waals surface area contributed by atoms with Crippen molar-refractivity contribution in [3.8, 4) is 0 Å². The Hall–Kier alpha value is -1.56. The second kappa shape index (κ2) is 7.13. The molecule has 0 N–H and O–H groups in total. The lowest BCUT2D eigenvalue weighted by Crippen LogP contribution is -2.51. The molecular weight excluding hydrogens is 300 g/mol. The Morgan fingerprint density at radius 1 is 1.00 bits per heavy atom. The largest absolute Gasteiger partial charge is 0.381 e. The third-order valence-corrected chi connectivity index (χ3v) is 5.33. The van der Waals surface area contributed by atoms with Gasteiger partial charge in [-0.1, -0.05) is 12.1 Å². The Morgan fingerprint density at radius 2 is 1.67 bits per heavy atom. The van der Waals surface area contributed by atoms with Crippen LogP contribution in [0.5, 0.6) is 0 Å². The quantitative estimate of drug-likeness (QED) is 0.865. The Morgan fingerprint density at radius 3 is 2.38 bits per heavy atom. The standard InChI is InChI=1S/C19H26N4O/c1-15-19(21-18-5-3-2-4-17(18)20-15)14-22-8-10-23(11-9-22)16-6-12-24-13-7-16/h2-5,16H,6-14H2,1H3. The van der Waals surface area contributed by atoms with E-state index in [2.05, 4.69) is 16.7 Å². The molecule has 2 fully saturated rings. The molecule has 0 unspecified atom stereocenters. The van der Waals surface area contributed by atoms with Crippen LogP contribution >= 0.6 is 0 Å². The molecular formula is C19H26N4O. The summed E-state index contributed by atoms with van der Waals surface area (Å²) in [6.07, 6.45) is 2.38. The second-order valence-electron chi connectivity index (χ2n) is 6.90. The normalized spacial score (nSPS) is 21.4. The SMILES string of the molecule is Cc1nc2ccccc2nc1CN1CCN(C2CCOCC2)CC1. The number of benzene rings is 1. The number of hydrogen-bond acceptors (Lipinski definition) is 5. The maximum atomic E-state index is 5.49. The minimum Gasteiger partial charge on any atom is -0.381 e. The summed E-state index contributed by atoms with van der Waals surface area (Å²) in [7, 11) is 0. The van der Waals surface area contributed by atoms with Crippen LogP contribution in [0.1, 0.15) is 24.2 Å². The van der Waals surface area contributed by atoms with E-state index in [1.54, 1.807) is 0 Å². The molecule has 0 atom stereocenters. The van der Waals surface area contributed by atoms with Gasteiger partial charge in [0.05, 0.1) is 22.4 Å². The summed E-state index contributed by atoms with van der Waals surface area (Å²) in [6, 6.07) is 8.86. The molecule has 0 bridgehead atoms. The number of rotatable bonds is 3. The van der Waals surface area contributed by atoms with E-state index in [9.17, 15) is 0 Å². The topological polar surface area (TPSA) is 41.5 Å². The van der Waals surface area contributed by atoms with E-state index in [1.807, 2.05) is 24.3 Å². The highest BCUT2D eigenvalue weighted by atomic mass is 16.5. The van der Waals surface area contributed by atoms with Gasteiger partial charge in [0.1, 0.15) is 0 Å². The number of nitrogens with zero attached hydrogens (tertiary/aromatic N) is 4. The zero-order chi connectivity index (χ0) is 16.4. The molecule has 0 aliphatic carbocycles. The summed E-state index contributed by atoms with van der Waals surface area (Å²) >= 11 is 0. The Bertz CT molecular complexity index is 691. The molecule has 2 aromatic rings. The molecule has 1 aromatic carbocycles. The number of aromatic nitrogens is 2. The molecule has 128 valence electrons. The molecule has 5 nitrogen and oxygen atoms in total. The molecule has 0 spiro atoms. The molecule has 3 heterocycles. The van der Waals surface area contributed by atoms with Crippen molar-refractivity contribution in [2.45, 2.75) is 32.4 Å². The van der Waals surface area contributed by atoms with Gasteiger partial charge in [0.2, 0.25) is 0 Å². The van der Waals surface area contributed by atoms with Crippen LogP contribution in [0.2, 0.25) is 0 Å². The summed E-state index contributed by atoms with van der Waals surface area (Å²) in [4.78, 5) is 14.7. The molecule has 2 aliphatic rings.